The molecule has 0 unspecified atom stereocenters. The highest BCUT2D eigenvalue weighted by atomic mass is 32.2. The lowest BCUT2D eigenvalue weighted by molar-refractivity contribution is -0.137. The Morgan fingerprint density at radius 1 is 0.762 bits per heavy atom. The number of allylic oxidation sites excluding steroid dienone is 4. The van der Waals surface area contributed by atoms with Crippen LogP contribution in [0.25, 0.3) is 0 Å². The molecule has 0 bridgehead atoms. The minimum Gasteiger partial charge on any atom is -0.166 e. The van der Waals surface area contributed by atoms with Gasteiger partial charge in [-0.2, -0.15) is 26.3 Å². The third-order valence-electron chi connectivity index (χ3n) is 2.91. The molecule has 21 heavy (non-hydrogen) atoms. The van der Waals surface area contributed by atoms with Crippen LogP contribution in [0.3, 0.4) is 0 Å². The predicted octanol–water partition coefficient (Wildman–Crippen LogP) is 5.96. The van der Waals surface area contributed by atoms with Crippen molar-refractivity contribution >= 4 is 11.8 Å². The molecule has 1 aliphatic carbocycles. The third-order valence-corrected chi connectivity index (χ3v) is 4.02. The second-order valence-corrected chi connectivity index (χ2v) is 5.65. The first kappa shape index (κ1) is 16.0. The van der Waals surface area contributed by atoms with E-state index in [1.54, 1.807) is 0 Å². The van der Waals surface area contributed by atoms with Crippen LogP contribution in [0.1, 0.15) is 18.4 Å². The van der Waals surface area contributed by atoms with E-state index >= 15 is 0 Å². The molecule has 0 aliphatic heterocycles. The van der Waals surface area contributed by atoms with E-state index in [0.717, 1.165) is 18.2 Å². The van der Waals surface area contributed by atoms with Gasteiger partial charge in [0.25, 0.3) is 0 Å². The lowest BCUT2D eigenvalue weighted by Gasteiger charge is -2.16. The average molecular weight is 324 g/mol. The molecule has 1 aromatic carbocycles. The molecule has 0 nitrogen and oxygen atoms in total. The minimum absolute atomic E-state index is 0.108. The summed E-state index contributed by atoms with van der Waals surface area (Å²) >= 11 is 1.18. The van der Waals surface area contributed by atoms with E-state index in [1.807, 2.05) is 0 Å². The quantitative estimate of drug-likeness (QED) is 0.605. The molecule has 1 aliphatic rings. The van der Waals surface area contributed by atoms with Gasteiger partial charge in [0.1, 0.15) is 0 Å². The van der Waals surface area contributed by atoms with Crippen molar-refractivity contribution in [1.29, 1.82) is 0 Å². The number of alkyl halides is 6. The molecule has 0 N–H and O–H groups in total. The molecule has 0 saturated heterocycles. The summed E-state index contributed by atoms with van der Waals surface area (Å²) in [4.78, 5) is 1.26. The summed E-state index contributed by atoms with van der Waals surface area (Å²) in [5, 5.41) is 0. The Morgan fingerprint density at radius 2 is 1.38 bits per heavy atom. The Bertz CT molecular complexity index is 563. The number of halogens is 6. The maximum absolute atomic E-state index is 12.4. The zero-order chi connectivity index (χ0) is 15.7. The minimum atomic E-state index is -4.39. The number of hydrogen-bond acceptors (Lipinski definition) is 1. The molecule has 2 rings (SSSR count). The predicted molar refractivity (Wildman–Crippen MR) is 68.8 cm³/mol. The Morgan fingerprint density at radius 3 is 1.81 bits per heavy atom. The van der Waals surface area contributed by atoms with Gasteiger partial charge >= 0.3 is 12.4 Å². The van der Waals surface area contributed by atoms with Crippen molar-refractivity contribution in [1.82, 2.24) is 0 Å². The monoisotopic (exact) mass is 324 g/mol. The van der Waals surface area contributed by atoms with Crippen LogP contribution in [0, 0.1) is 0 Å². The van der Waals surface area contributed by atoms with Crippen molar-refractivity contribution in [3.8, 4) is 0 Å². The van der Waals surface area contributed by atoms with Crippen LogP contribution in [-0.2, 0) is 6.18 Å². The number of rotatable bonds is 2. The Kier molecular flexibility index (Phi) is 4.41. The van der Waals surface area contributed by atoms with Gasteiger partial charge in [0.15, 0.2) is 0 Å². The van der Waals surface area contributed by atoms with Crippen molar-refractivity contribution < 1.29 is 26.3 Å². The Balaban J connectivity index is 2.07. The van der Waals surface area contributed by atoms with Crippen LogP contribution in [0.15, 0.2) is 51.8 Å². The van der Waals surface area contributed by atoms with Crippen molar-refractivity contribution in [2.75, 3.05) is 0 Å². The first-order valence-electron chi connectivity index (χ1n) is 5.98. The average Bonchev–Trinajstić information content (AvgIpc) is 2.38. The Labute approximate surface area is 121 Å². The normalized spacial score (nSPS) is 16.5. The zero-order valence-electron chi connectivity index (χ0n) is 10.6. The van der Waals surface area contributed by atoms with Gasteiger partial charge in [-0.25, -0.2) is 0 Å². The fraction of sp³-hybridized carbons (Fsp3) is 0.286. The van der Waals surface area contributed by atoms with E-state index in [4.69, 9.17) is 0 Å². The lowest BCUT2D eigenvalue weighted by Crippen LogP contribution is -2.13. The standard InChI is InChI=1S/C14H10F6S/c15-13(16,17)9-1-5-11(6-2-9)21-12-7-3-10(4-8-12)14(18,19)20/h1-3,5-7H,4,8H2. The molecule has 0 atom stereocenters. The molecular weight excluding hydrogens is 314 g/mol. The topological polar surface area (TPSA) is 0 Å². The highest BCUT2D eigenvalue weighted by molar-refractivity contribution is 8.03. The van der Waals surface area contributed by atoms with E-state index in [0.29, 0.717) is 9.80 Å². The summed E-state index contributed by atoms with van der Waals surface area (Å²) in [5.74, 6) is 0. The van der Waals surface area contributed by atoms with E-state index < -0.39 is 23.5 Å². The maximum atomic E-state index is 12.4. The van der Waals surface area contributed by atoms with Gasteiger partial charge < -0.3 is 0 Å². The van der Waals surface area contributed by atoms with Gasteiger partial charge in [-0.05, 0) is 42.0 Å². The van der Waals surface area contributed by atoms with Crippen LogP contribution in [-0.4, -0.2) is 6.18 Å². The van der Waals surface area contributed by atoms with Crippen LogP contribution < -0.4 is 0 Å². The number of benzene rings is 1. The summed E-state index contributed by atoms with van der Waals surface area (Å²) in [5.41, 5.74) is -1.33. The largest absolute Gasteiger partial charge is 0.416 e. The fourth-order valence-corrected chi connectivity index (χ4v) is 2.72. The number of hydrogen-bond donors (Lipinski definition) is 0. The molecular formula is C14H10F6S. The molecule has 114 valence electrons. The summed E-state index contributed by atoms with van der Waals surface area (Å²) in [6.45, 7) is 0. The van der Waals surface area contributed by atoms with Crippen molar-refractivity contribution in [3.63, 3.8) is 0 Å². The van der Waals surface area contributed by atoms with Gasteiger partial charge in [0.05, 0.1) is 5.56 Å². The van der Waals surface area contributed by atoms with Gasteiger partial charge in [0, 0.05) is 10.5 Å². The van der Waals surface area contributed by atoms with Gasteiger partial charge in [-0.3, -0.25) is 0 Å². The maximum Gasteiger partial charge on any atom is 0.416 e. The van der Waals surface area contributed by atoms with Crippen LogP contribution in [0.4, 0.5) is 26.3 Å². The molecule has 0 heterocycles. The second kappa shape index (κ2) is 5.79. The summed E-state index contributed by atoms with van der Waals surface area (Å²) in [7, 11) is 0. The third kappa shape index (κ3) is 4.30. The van der Waals surface area contributed by atoms with Crippen LogP contribution >= 0.6 is 11.8 Å². The Hall–Kier alpha value is -1.37. The summed E-state index contributed by atoms with van der Waals surface area (Å²) in [6, 6.07) is 4.56. The molecule has 0 spiro atoms. The number of thioether (sulfide) groups is 1. The van der Waals surface area contributed by atoms with Gasteiger partial charge in [0.2, 0.25) is 0 Å². The van der Waals surface area contributed by atoms with Crippen molar-refractivity contribution in [2.24, 2.45) is 0 Å². The second-order valence-electron chi connectivity index (χ2n) is 4.45. The van der Waals surface area contributed by atoms with Crippen LogP contribution in [0.2, 0.25) is 0 Å². The summed E-state index contributed by atoms with van der Waals surface area (Å²) < 4.78 is 74.5. The van der Waals surface area contributed by atoms with E-state index in [9.17, 15) is 26.3 Å². The molecule has 1 aromatic rings. The van der Waals surface area contributed by atoms with Crippen molar-refractivity contribution in [2.45, 2.75) is 30.1 Å². The molecule has 0 saturated carbocycles. The molecule has 0 aromatic heterocycles. The van der Waals surface area contributed by atoms with E-state index in [-0.39, 0.29) is 12.8 Å². The molecule has 0 amide bonds. The fourth-order valence-electron chi connectivity index (χ4n) is 1.80. The molecule has 0 radical (unpaired) electrons. The zero-order valence-corrected chi connectivity index (χ0v) is 11.4. The highest BCUT2D eigenvalue weighted by Crippen LogP contribution is 2.39. The molecule has 7 heteroatoms. The SMILES string of the molecule is FC(F)(F)C1=CC=C(Sc2ccc(C(F)(F)F)cc2)CC1. The van der Waals surface area contributed by atoms with Gasteiger partial charge in [-0.1, -0.05) is 23.9 Å². The lowest BCUT2D eigenvalue weighted by atomic mass is 10.1. The smallest absolute Gasteiger partial charge is 0.166 e. The van der Waals surface area contributed by atoms with E-state index in [1.165, 1.54) is 30.0 Å². The van der Waals surface area contributed by atoms with Crippen molar-refractivity contribution in [3.05, 3.63) is 52.5 Å². The first-order valence-corrected chi connectivity index (χ1v) is 6.80. The molecule has 0 fully saturated rings. The first-order chi connectivity index (χ1) is 9.66. The highest BCUT2D eigenvalue weighted by Gasteiger charge is 2.34. The van der Waals surface area contributed by atoms with E-state index in [2.05, 4.69) is 0 Å². The summed E-state index contributed by atoms with van der Waals surface area (Å²) in [6.07, 6.45) is -6.19. The van der Waals surface area contributed by atoms with Crippen LogP contribution in [0.5, 0.6) is 0 Å². The van der Waals surface area contributed by atoms with Gasteiger partial charge in [-0.15, -0.1) is 0 Å².